The van der Waals surface area contributed by atoms with Crippen molar-refractivity contribution in [2.45, 2.75) is 19.4 Å². The van der Waals surface area contributed by atoms with Crippen molar-refractivity contribution in [2.24, 2.45) is 0 Å². The molecule has 0 fully saturated rings. The Balaban J connectivity index is 2.74. The van der Waals surface area contributed by atoms with Crippen molar-refractivity contribution in [3.8, 4) is 0 Å². The predicted molar refractivity (Wildman–Crippen MR) is 61.4 cm³/mol. The van der Waals surface area contributed by atoms with Crippen molar-refractivity contribution in [3.63, 3.8) is 0 Å². The summed E-state index contributed by atoms with van der Waals surface area (Å²) in [4.78, 5) is 8.13. The molecule has 1 aromatic rings. The van der Waals surface area contributed by atoms with Crippen LogP contribution in [0.4, 0.5) is 11.8 Å². The van der Waals surface area contributed by atoms with Crippen molar-refractivity contribution in [3.05, 3.63) is 11.2 Å². The molecule has 0 bridgehead atoms. The number of rotatable bonds is 5. The van der Waals surface area contributed by atoms with Gasteiger partial charge in [0.2, 0.25) is 5.95 Å². The molecule has 0 aromatic carbocycles. The highest BCUT2D eigenvalue weighted by Crippen LogP contribution is 2.20. The average molecular weight is 231 g/mol. The fourth-order valence-electron chi connectivity index (χ4n) is 1.09. The zero-order valence-electron chi connectivity index (χ0n) is 8.79. The van der Waals surface area contributed by atoms with Crippen LogP contribution in [-0.2, 0) is 0 Å². The molecule has 1 rings (SSSR count). The molecule has 0 aliphatic rings. The van der Waals surface area contributed by atoms with Gasteiger partial charge in [-0.25, -0.2) is 4.98 Å². The first kappa shape index (κ1) is 12.0. The minimum atomic E-state index is 0.118. The van der Waals surface area contributed by atoms with Gasteiger partial charge in [-0.05, 0) is 13.3 Å². The average Bonchev–Trinajstić information content (AvgIpc) is 2.21. The van der Waals surface area contributed by atoms with E-state index >= 15 is 0 Å². The molecule has 5 nitrogen and oxygen atoms in total. The Labute approximate surface area is 93.9 Å². The highest BCUT2D eigenvalue weighted by atomic mass is 35.5. The van der Waals surface area contributed by atoms with Crippen LogP contribution in [0.1, 0.15) is 13.3 Å². The topological polar surface area (TPSA) is 70.1 Å². The van der Waals surface area contributed by atoms with Gasteiger partial charge in [0.25, 0.3) is 0 Å². The van der Waals surface area contributed by atoms with E-state index in [0.29, 0.717) is 23.2 Å². The molecular formula is C9H15ClN4O. The fraction of sp³-hybridized carbons (Fsp3) is 0.556. The van der Waals surface area contributed by atoms with Crippen LogP contribution in [0, 0.1) is 0 Å². The second-order valence-electron chi connectivity index (χ2n) is 3.20. The van der Waals surface area contributed by atoms with E-state index in [1.54, 1.807) is 7.05 Å². The van der Waals surface area contributed by atoms with Crippen LogP contribution >= 0.6 is 11.6 Å². The summed E-state index contributed by atoms with van der Waals surface area (Å²) in [6.45, 7) is 2.09. The Morgan fingerprint density at radius 2 is 2.33 bits per heavy atom. The highest BCUT2D eigenvalue weighted by molar-refractivity contribution is 6.32. The second-order valence-corrected chi connectivity index (χ2v) is 3.61. The van der Waals surface area contributed by atoms with Crippen molar-refractivity contribution < 1.29 is 5.11 Å². The summed E-state index contributed by atoms with van der Waals surface area (Å²) >= 11 is 5.92. The fourth-order valence-corrected chi connectivity index (χ4v) is 1.23. The Bertz CT molecular complexity index is 321. The Kier molecular flexibility index (Phi) is 4.58. The smallest absolute Gasteiger partial charge is 0.224 e. The van der Waals surface area contributed by atoms with Gasteiger partial charge < -0.3 is 15.7 Å². The molecule has 1 atom stereocenters. The first-order valence-electron chi connectivity index (χ1n) is 4.75. The summed E-state index contributed by atoms with van der Waals surface area (Å²) in [7, 11) is 1.74. The molecule has 1 aromatic heterocycles. The summed E-state index contributed by atoms with van der Waals surface area (Å²) in [5.41, 5.74) is 0. The zero-order valence-corrected chi connectivity index (χ0v) is 9.54. The molecule has 3 N–H and O–H groups in total. The SMILES string of the molecule is CNc1ncc(Cl)c(NC(C)CCO)n1. The number of aliphatic hydroxyl groups is 1. The van der Waals surface area contributed by atoms with Crippen molar-refractivity contribution in [1.82, 2.24) is 9.97 Å². The van der Waals surface area contributed by atoms with Gasteiger partial charge in [-0.3, -0.25) is 0 Å². The maximum atomic E-state index is 8.77. The molecule has 0 amide bonds. The third kappa shape index (κ3) is 3.53. The Morgan fingerprint density at radius 3 is 2.93 bits per heavy atom. The van der Waals surface area contributed by atoms with Gasteiger partial charge in [0.15, 0.2) is 5.82 Å². The van der Waals surface area contributed by atoms with Gasteiger partial charge >= 0.3 is 0 Å². The largest absolute Gasteiger partial charge is 0.396 e. The van der Waals surface area contributed by atoms with Crippen LogP contribution in [0.25, 0.3) is 0 Å². The van der Waals surface area contributed by atoms with E-state index in [-0.39, 0.29) is 12.6 Å². The molecule has 1 heterocycles. The quantitative estimate of drug-likeness (QED) is 0.713. The third-order valence-corrected chi connectivity index (χ3v) is 2.19. The number of halogens is 1. The Hall–Kier alpha value is -1.07. The van der Waals surface area contributed by atoms with Crippen LogP contribution in [-0.4, -0.2) is 34.8 Å². The molecule has 0 aliphatic carbocycles. The molecule has 0 radical (unpaired) electrons. The van der Waals surface area contributed by atoms with Crippen molar-refractivity contribution >= 4 is 23.4 Å². The summed E-state index contributed by atoms with van der Waals surface area (Å²) in [5.74, 6) is 1.09. The number of anilines is 2. The zero-order chi connectivity index (χ0) is 11.3. The lowest BCUT2D eigenvalue weighted by atomic mass is 10.2. The maximum absolute atomic E-state index is 8.77. The normalized spacial score (nSPS) is 12.3. The van der Waals surface area contributed by atoms with Gasteiger partial charge in [-0.15, -0.1) is 0 Å². The lowest BCUT2D eigenvalue weighted by Gasteiger charge is -2.14. The maximum Gasteiger partial charge on any atom is 0.224 e. The number of nitrogens with zero attached hydrogens (tertiary/aromatic N) is 2. The van der Waals surface area contributed by atoms with Gasteiger partial charge in [0, 0.05) is 19.7 Å². The molecule has 0 saturated heterocycles. The van der Waals surface area contributed by atoms with E-state index in [2.05, 4.69) is 20.6 Å². The lowest BCUT2D eigenvalue weighted by Crippen LogP contribution is -2.18. The van der Waals surface area contributed by atoms with E-state index < -0.39 is 0 Å². The highest BCUT2D eigenvalue weighted by Gasteiger charge is 2.07. The van der Waals surface area contributed by atoms with E-state index in [9.17, 15) is 0 Å². The summed E-state index contributed by atoms with van der Waals surface area (Å²) in [6.07, 6.45) is 2.18. The van der Waals surface area contributed by atoms with Crippen LogP contribution in [0.2, 0.25) is 5.02 Å². The Morgan fingerprint density at radius 1 is 1.60 bits per heavy atom. The molecule has 0 spiro atoms. The molecule has 15 heavy (non-hydrogen) atoms. The first-order chi connectivity index (χ1) is 7.17. The van der Waals surface area contributed by atoms with E-state index in [1.165, 1.54) is 6.20 Å². The van der Waals surface area contributed by atoms with Crippen molar-refractivity contribution in [1.29, 1.82) is 0 Å². The first-order valence-corrected chi connectivity index (χ1v) is 5.13. The number of hydrogen-bond donors (Lipinski definition) is 3. The second kappa shape index (κ2) is 5.72. The number of aliphatic hydroxyl groups excluding tert-OH is 1. The molecule has 6 heteroatoms. The standard InChI is InChI=1S/C9H15ClN4O/c1-6(3-4-15)13-8-7(10)5-12-9(11-2)14-8/h5-6,15H,3-4H2,1-2H3,(H2,11,12,13,14). The molecule has 84 valence electrons. The third-order valence-electron chi connectivity index (χ3n) is 1.91. The minimum Gasteiger partial charge on any atom is -0.396 e. The molecule has 1 unspecified atom stereocenters. The number of nitrogens with one attached hydrogen (secondary N) is 2. The van der Waals surface area contributed by atoms with Gasteiger partial charge in [-0.2, -0.15) is 4.98 Å². The molecule has 0 saturated carbocycles. The van der Waals surface area contributed by atoms with Gasteiger partial charge in [0.1, 0.15) is 5.02 Å². The minimum absolute atomic E-state index is 0.118. The van der Waals surface area contributed by atoms with Crippen LogP contribution < -0.4 is 10.6 Å². The number of aromatic nitrogens is 2. The van der Waals surface area contributed by atoms with Crippen LogP contribution in [0.3, 0.4) is 0 Å². The van der Waals surface area contributed by atoms with Crippen LogP contribution in [0.5, 0.6) is 0 Å². The predicted octanol–water partition coefficient (Wildman–Crippen LogP) is 1.35. The number of hydrogen-bond acceptors (Lipinski definition) is 5. The summed E-state index contributed by atoms with van der Waals surface area (Å²) in [5, 5.41) is 15.2. The monoisotopic (exact) mass is 230 g/mol. The summed E-state index contributed by atoms with van der Waals surface area (Å²) < 4.78 is 0. The van der Waals surface area contributed by atoms with E-state index in [1.807, 2.05) is 6.92 Å². The summed E-state index contributed by atoms with van der Waals surface area (Å²) in [6, 6.07) is 0.118. The van der Waals surface area contributed by atoms with Crippen molar-refractivity contribution in [2.75, 3.05) is 24.3 Å². The van der Waals surface area contributed by atoms with E-state index in [4.69, 9.17) is 16.7 Å². The molecular weight excluding hydrogens is 216 g/mol. The molecule has 0 aliphatic heterocycles. The van der Waals surface area contributed by atoms with Gasteiger partial charge in [-0.1, -0.05) is 11.6 Å². The van der Waals surface area contributed by atoms with Crippen LogP contribution in [0.15, 0.2) is 6.20 Å². The lowest BCUT2D eigenvalue weighted by molar-refractivity contribution is 0.282. The van der Waals surface area contributed by atoms with E-state index in [0.717, 1.165) is 0 Å². The van der Waals surface area contributed by atoms with Gasteiger partial charge in [0.05, 0.1) is 6.20 Å².